The Kier molecular flexibility index (Phi) is 42.0. The van der Waals surface area contributed by atoms with Crippen molar-refractivity contribution in [3.05, 3.63) is 213 Å². The molecular weight excluding hydrogens is 1640 g/mol. The van der Waals surface area contributed by atoms with Gasteiger partial charge in [0.1, 0.15) is 5.52 Å². The number of rotatable bonds is 0. The van der Waals surface area contributed by atoms with Crippen LogP contribution in [0.15, 0.2) is 213 Å². The van der Waals surface area contributed by atoms with E-state index in [1.807, 2.05) is 207 Å². The molecule has 0 fully saturated rings. The molecule has 0 aliphatic carbocycles. The molecule has 33 heteroatoms. The van der Waals surface area contributed by atoms with E-state index >= 15 is 0 Å². The van der Waals surface area contributed by atoms with Gasteiger partial charge in [-0.15, -0.1) is 5.10 Å². The van der Waals surface area contributed by atoms with E-state index < -0.39 is 32.4 Å². The molecule has 0 aliphatic rings. The molecule has 0 spiro atoms. The molecule has 0 amide bonds. The minimum Gasteiger partial charge on any atom is -0.278 e. The van der Waals surface area contributed by atoms with Crippen molar-refractivity contribution in [2.75, 3.05) is 35.3 Å². The van der Waals surface area contributed by atoms with Crippen molar-refractivity contribution in [3.63, 3.8) is 0 Å². The van der Waals surface area contributed by atoms with Gasteiger partial charge in [-0.25, -0.2) is 0 Å². The first-order chi connectivity index (χ1) is 40.3. The number of fused-ring (bicyclic) bond motifs is 7. The summed E-state index contributed by atoms with van der Waals surface area (Å²) in [5.41, 5.74) is 7.72. The molecule has 14 aromatic rings. The van der Waals surface area contributed by atoms with Crippen LogP contribution in [0.1, 0.15) is 0 Å². The summed E-state index contributed by atoms with van der Waals surface area (Å²) < 4.78 is 1.00. The van der Waals surface area contributed by atoms with Crippen LogP contribution < -0.4 is 34.7 Å². The molecule has 7 aromatic heterocycles. The summed E-state index contributed by atoms with van der Waals surface area (Å²) in [7, 11) is 60.5. The van der Waals surface area contributed by atoms with Crippen molar-refractivity contribution in [1.29, 1.82) is 0 Å². The van der Waals surface area contributed by atoms with E-state index in [0.717, 1.165) is 82.5 Å². The number of nitrogens with one attached hydrogen (secondary N) is 8. The fraction of sp³-hybridized carbons (Fsp3) is 0.0926. The topological polar surface area (TPSA) is 254 Å². The van der Waals surface area contributed by atoms with Crippen LogP contribution in [0.25, 0.3) is 76.3 Å². The number of benzene rings is 7. The van der Waals surface area contributed by atoms with Gasteiger partial charge in [0.25, 0.3) is 0 Å². The van der Waals surface area contributed by atoms with E-state index in [1.165, 1.54) is 5.39 Å². The van der Waals surface area contributed by atoms with Crippen molar-refractivity contribution in [3.8, 4) is 0 Å². The zero-order chi connectivity index (χ0) is 62.7. The van der Waals surface area contributed by atoms with Gasteiger partial charge < -0.3 is 15.1 Å². The Morgan fingerprint density at radius 3 is 0.621 bits per heavy atom. The van der Waals surface area contributed by atoms with Crippen molar-refractivity contribution >= 4 is 193 Å². The van der Waals surface area contributed by atoms with E-state index in [-0.39, 0.29) is 35.0 Å². The van der Waals surface area contributed by atoms with Gasteiger partial charge in [0.2, 0.25) is 6.20 Å². The number of aliphatic hydroxyl groups is 1. The Hall–Kier alpha value is -2.94. The number of halogens is 12. The smallest absolute Gasteiger partial charge is 0.278 e. The van der Waals surface area contributed by atoms with Gasteiger partial charge in [-0.2, -0.15) is 35.7 Å². The molecule has 0 radical (unpaired) electrons. The molecule has 7 aromatic carbocycles. The van der Waals surface area contributed by atoms with Gasteiger partial charge in [-0.05, 0) is 48.5 Å². The molecule has 0 aliphatic heterocycles. The molecule has 470 valence electrons. The van der Waals surface area contributed by atoms with Gasteiger partial charge in [0.15, 0.2) is 0 Å². The minimum absolute atomic E-state index is 0. The second kappa shape index (κ2) is 44.5. The van der Waals surface area contributed by atoms with E-state index in [1.54, 1.807) is 0 Å². The van der Waals surface area contributed by atoms with Crippen LogP contribution in [0.3, 0.4) is 0 Å². The molecule has 0 atom stereocenters. The molecule has 17 nitrogen and oxygen atoms in total. The first-order valence-electron chi connectivity index (χ1n) is 23.8. The maximum absolute atomic E-state index is 7.00. The molecule has 0 bridgehead atoms. The number of hydrogen-bond donors (Lipinski definition) is 8. The Labute approximate surface area is 582 Å². The van der Waals surface area contributed by atoms with Crippen LogP contribution in [0, 0.1) is 0 Å². The summed E-state index contributed by atoms with van der Waals surface area (Å²) in [4.78, 5) is 0. The summed E-state index contributed by atoms with van der Waals surface area (Å²) >= 11 is 0. The van der Waals surface area contributed by atoms with Gasteiger partial charge in [-0.1, -0.05) is 121 Å². The number of quaternary nitrogens is 1. The van der Waals surface area contributed by atoms with E-state index in [2.05, 4.69) is 106 Å². The van der Waals surface area contributed by atoms with Crippen LogP contribution in [-0.4, -0.2) is 117 Å². The van der Waals surface area contributed by atoms with E-state index in [9.17, 15) is 0 Å². The molecule has 11 N–H and O–H groups in total. The van der Waals surface area contributed by atoms with Crippen molar-refractivity contribution in [2.45, 2.75) is 0 Å². The molecule has 0 saturated carbocycles. The molecule has 0 saturated heterocycles. The summed E-state index contributed by atoms with van der Waals surface area (Å²) in [6, 6.07) is 56.2. The average Bonchev–Trinajstić information content (AvgIpc) is 4.55. The van der Waals surface area contributed by atoms with Crippen LogP contribution >= 0.6 is 116 Å². The fourth-order valence-electron chi connectivity index (χ4n) is 6.22. The zero-order valence-corrected chi connectivity index (χ0v) is 63.2. The van der Waals surface area contributed by atoms with Crippen LogP contribution in [0.5, 0.6) is 0 Å². The Bertz CT molecular complexity index is 3050. The van der Waals surface area contributed by atoms with Crippen molar-refractivity contribution in [1.82, 2.24) is 66.3 Å². The quantitative estimate of drug-likeness (QED) is 0.0538. The minimum atomic E-state index is -2.97. The number of aromatic nitrogens is 14. The molecular formula is C54H61Cl12N15NaO2Ru3+3. The molecule has 14 rings (SSSR count). The Morgan fingerprint density at radius 2 is 0.460 bits per heavy atom. The fourth-order valence-corrected chi connectivity index (χ4v) is 6.22. The SMILES string of the molecule is CO.C[N+](C)(C)C.O.[Cl][Ru]([Cl])([Cl])[Cl].[Cl][Ru]([Cl])([Cl])[Cl].[Cl][Ru]([Cl])([Cl])[Cl].[Na+].c1ccc2[nH][nH+]cc2c1.c1ccc2[nH]ncc2c1.c1ccc2[nH]ncc2c1.c1ccc2[nH]ncc2c1.c1ccc2[nH]ncc2c1.c1ccc2[nH]ncc2c1.c1ccc2[nH]ncc2c1. The summed E-state index contributed by atoms with van der Waals surface area (Å²) in [6.45, 7) is 0. The molecule has 87 heavy (non-hydrogen) atoms. The summed E-state index contributed by atoms with van der Waals surface area (Å²) in [6.07, 6.45) is 12.8. The predicted molar refractivity (Wildman–Crippen MR) is 357 cm³/mol. The maximum Gasteiger partial charge on any atom is 1.00 e. The summed E-state index contributed by atoms with van der Waals surface area (Å²) in [5.74, 6) is 0. The Balaban J connectivity index is 0.000000480. The number of aliphatic hydroxyl groups excluding tert-OH is 1. The third kappa shape index (κ3) is 40.5. The van der Waals surface area contributed by atoms with E-state index in [0.29, 0.717) is 0 Å². The number of aromatic amines is 8. The zero-order valence-electron chi connectivity index (χ0n) is 46.9. The normalized spacial score (nSPS) is 10.8. The standard InChI is InChI=1S/7C7H6N2.C4H12N.CH4O.12ClH.Na.H2O.3Ru/c7*1-2-4-7-6(3-1)5-8-9-7;1-5(2,3)4;1-2;;;;;;;;;;;;;;;;;/h7*1-5H,(H,8,9);1-4H3;2H,1H3;12*1H;;1H2;;;/q;;;;;;;+1;;;;;;;;;;;;;;+1;;3*+4/p-11. The number of H-pyrrole nitrogens is 8. The van der Waals surface area contributed by atoms with Gasteiger partial charge >= 0.3 is 178 Å². The van der Waals surface area contributed by atoms with Crippen LogP contribution in [-0.2, 0) is 32.4 Å². The number of hydrogen-bond acceptors (Lipinski definition) is 7. The largest absolute Gasteiger partial charge is 1.00 e. The van der Waals surface area contributed by atoms with Crippen LogP contribution in [0.2, 0.25) is 0 Å². The number of para-hydroxylation sites is 7. The van der Waals surface area contributed by atoms with Gasteiger partial charge in [0, 0.05) is 39.4 Å². The monoisotopic (exact) mass is 1700 g/mol. The summed E-state index contributed by atoms with van der Waals surface area (Å²) in [5, 5.41) is 61.6. The maximum atomic E-state index is 7.00. The van der Waals surface area contributed by atoms with Gasteiger partial charge in [-0.3, -0.25) is 30.6 Å². The second-order valence-corrected chi connectivity index (χ2v) is 64.8. The van der Waals surface area contributed by atoms with Crippen LogP contribution in [0.4, 0.5) is 0 Å². The third-order valence-corrected chi connectivity index (χ3v) is 9.49. The van der Waals surface area contributed by atoms with E-state index in [4.69, 9.17) is 121 Å². The third-order valence-electron chi connectivity index (χ3n) is 9.49. The first-order valence-corrected chi connectivity index (χ1v) is 50.7. The van der Waals surface area contributed by atoms with Crippen molar-refractivity contribution < 1.29 is 82.2 Å². The average molecular weight is 1700 g/mol. The first kappa shape index (κ1) is 82.1. The Morgan fingerprint density at radius 1 is 0.310 bits per heavy atom. The molecule has 0 unspecified atom stereocenters. The second-order valence-electron chi connectivity index (χ2n) is 17.3. The molecule has 7 heterocycles. The van der Waals surface area contributed by atoms with Gasteiger partial charge in [0.05, 0.1) is 104 Å². The van der Waals surface area contributed by atoms with Crippen molar-refractivity contribution in [2.24, 2.45) is 0 Å². The predicted octanol–water partition coefficient (Wildman–Crippen LogP) is 14.7. The number of nitrogens with zero attached hydrogens (tertiary/aromatic N) is 7.